The topological polar surface area (TPSA) is 118 Å². The van der Waals surface area contributed by atoms with E-state index in [9.17, 15) is 13.5 Å². The highest BCUT2D eigenvalue weighted by Gasteiger charge is 2.30. The molecule has 1 atom stereocenters. The van der Waals surface area contributed by atoms with Gasteiger partial charge in [0, 0.05) is 11.9 Å². The van der Waals surface area contributed by atoms with E-state index >= 15 is 0 Å². The Hall–Kier alpha value is -2.07. The number of benzene rings is 1. The number of hydrogen-bond donors (Lipinski definition) is 3. The van der Waals surface area contributed by atoms with Crippen molar-refractivity contribution in [3.05, 3.63) is 46.0 Å². The van der Waals surface area contributed by atoms with Crippen molar-refractivity contribution in [1.29, 1.82) is 0 Å². The number of nitrogen functional groups attached to an aromatic ring is 1. The first-order valence-electron chi connectivity index (χ1n) is 9.20. The van der Waals surface area contributed by atoms with E-state index in [4.69, 9.17) is 5.73 Å². The molecule has 7 nitrogen and oxygen atoms in total. The first-order valence-corrected chi connectivity index (χ1v) is 11.5. The summed E-state index contributed by atoms with van der Waals surface area (Å²) >= 11 is 1.31. The van der Waals surface area contributed by atoms with Crippen LogP contribution in [-0.4, -0.2) is 28.5 Å². The molecule has 3 rings (SSSR count). The number of aliphatic hydroxyl groups excluding tert-OH is 1. The lowest BCUT2D eigenvalue weighted by atomic mass is 10.1. The third-order valence-electron chi connectivity index (χ3n) is 4.95. The van der Waals surface area contributed by atoms with Crippen LogP contribution in [0.2, 0.25) is 0 Å². The maximum atomic E-state index is 12.5. The van der Waals surface area contributed by atoms with Crippen molar-refractivity contribution >= 4 is 37.1 Å². The second-order valence-corrected chi connectivity index (χ2v) is 11.7. The van der Waals surface area contributed by atoms with E-state index in [0.717, 1.165) is 22.2 Å². The van der Waals surface area contributed by atoms with Crippen molar-refractivity contribution in [1.82, 2.24) is 15.5 Å². The van der Waals surface area contributed by atoms with Gasteiger partial charge in [-0.2, -0.15) is 5.10 Å². The van der Waals surface area contributed by atoms with Crippen molar-refractivity contribution in [3.63, 3.8) is 0 Å². The quantitative estimate of drug-likeness (QED) is 0.528. The smallest absolute Gasteiger partial charge is 0.183 e. The van der Waals surface area contributed by atoms with Gasteiger partial charge in [0.15, 0.2) is 9.84 Å². The molecule has 29 heavy (non-hydrogen) atoms. The molecule has 1 aromatic carbocycles. The largest absolute Gasteiger partial charge is 0.397 e. The van der Waals surface area contributed by atoms with E-state index in [1.165, 1.54) is 11.3 Å². The molecule has 1 unspecified atom stereocenters. The summed E-state index contributed by atoms with van der Waals surface area (Å²) < 4.78 is 24.2. The number of nitrogens with zero attached hydrogens (tertiary/aromatic N) is 2. The lowest BCUT2D eigenvalue weighted by molar-refractivity contribution is 0.141. The van der Waals surface area contributed by atoms with Crippen LogP contribution in [0.3, 0.4) is 0 Å². The minimum atomic E-state index is -3.39. The van der Waals surface area contributed by atoms with E-state index in [2.05, 4.69) is 15.5 Å². The van der Waals surface area contributed by atoms with Gasteiger partial charge in [0.05, 0.1) is 25.9 Å². The highest BCUT2D eigenvalue weighted by Crippen LogP contribution is 2.37. The van der Waals surface area contributed by atoms with Crippen molar-refractivity contribution in [2.75, 3.05) is 5.73 Å². The molecule has 0 aliphatic heterocycles. The maximum Gasteiger partial charge on any atom is 0.183 e. The zero-order valence-electron chi connectivity index (χ0n) is 17.1. The third kappa shape index (κ3) is 4.00. The first-order chi connectivity index (χ1) is 13.4. The normalized spacial score (nSPS) is 13.7. The zero-order chi connectivity index (χ0) is 21.6. The van der Waals surface area contributed by atoms with Crippen molar-refractivity contribution < 1.29 is 13.5 Å². The summed E-state index contributed by atoms with van der Waals surface area (Å²) in [7, 11) is -3.39. The Bertz CT molecular complexity index is 1150. The highest BCUT2D eigenvalue weighted by molar-refractivity contribution is 7.92. The minimum Gasteiger partial charge on any atom is -0.397 e. The Labute approximate surface area is 174 Å². The molecule has 0 aliphatic rings. The number of sulfone groups is 1. The van der Waals surface area contributed by atoms with Gasteiger partial charge in [0.1, 0.15) is 11.1 Å². The van der Waals surface area contributed by atoms with Crippen LogP contribution in [0.4, 0.5) is 5.69 Å². The third-order valence-corrected chi connectivity index (χ3v) is 8.60. The van der Waals surface area contributed by atoms with Gasteiger partial charge in [-0.25, -0.2) is 8.42 Å². The Morgan fingerprint density at radius 2 is 1.79 bits per heavy atom. The van der Waals surface area contributed by atoms with Gasteiger partial charge in [0.25, 0.3) is 0 Å². The van der Waals surface area contributed by atoms with Crippen molar-refractivity contribution in [3.8, 4) is 0 Å². The van der Waals surface area contributed by atoms with E-state index in [-0.39, 0.29) is 4.90 Å². The van der Waals surface area contributed by atoms with Gasteiger partial charge < -0.3 is 10.8 Å². The Balaban J connectivity index is 1.76. The fourth-order valence-corrected chi connectivity index (χ4v) is 5.17. The molecular weight excluding hydrogens is 408 g/mol. The lowest BCUT2D eigenvalue weighted by Crippen LogP contribution is -2.28. The highest BCUT2D eigenvalue weighted by atomic mass is 32.2. The molecule has 156 valence electrons. The number of nitrogens with two attached hydrogens (primary N) is 1. The molecule has 0 amide bonds. The Kier molecular flexibility index (Phi) is 5.70. The van der Waals surface area contributed by atoms with Crippen LogP contribution < -0.4 is 11.1 Å². The molecule has 0 aliphatic carbocycles. The van der Waals surface area contributed by atoms with Crippen molar-refractivity contribution in [2.45, 2.75) is 57.0 Å². The molecular formula is C20H26N4O3S2. The molecule has 0 spiro atoms. The van der Waals surface area contributed by atoms with E-state index < -0.39 is 20.8 Å². The number of hydrogen-bond acceptors (Lipinski definition) is 8. The first kappa shape index (κ1) is 21.6. The fraction of sp³-hybridized carbons (Fsp3) is 0.400. The number of fused-ring (bicyclic) bond motifs is 1. The molecule has 9 heteroatoms. The Morgan fingerprint density at radius 3 is 2.38 bits per heavy atom. The monoisotopic (exact) mass is 434 g/mol. The standard InChI is InChI=1S/C20H26N4O3S2/c1-11-12(2)23-24-19-15(11)16(21)17(28-19)18(25)22-10-13-6-8-14(9-7-13)29(26,27)20(3,4)5/h6-9,18,22,25H,10,21H2,1-5H3. The zero-order valence-corrected chi connectivity index (χ0v) is 18.8. The average molecular weight is 435 g/mol. The van der Waals surface area contributed by atoms with Gasteiger partial charge in [-0.1, -0.05) is 12.1 Å². The van der Waals surface area contributed by atoms with Crippen LogP contribution in [0.1, 0.15) is 48.7 Å². The van der Waals surface area contributed by atoms with Gasteiger partial charge in [-0.15, -0.1) is 16.4 Å². The summed E-state index contributed by atoms with van der Waals surface area (Å²) in [4.78, 5) is 1.57. The minimum absolute atomic E-state index is 0.285. The molecule has 0 radical (unpaired) electrons. The summed E-state index contributed by atoms with van der Waals surface area (Å²) in [5.41, 5.74) is 9.38. The second-order valence-electron chi connectivity index (χ2n) is 8.01. The Morgan fingerprint density at radius 1 is 1.17 bits per heavy atom. The van der Waals surface area contributed by atoms with Crippen LogP contribution in [0.5, 0.6) is 0 Å². The van der Waals surface area contributed by atoms with Gasteiger partial charge >= 0.3 is 0 Å². The number of anilines is 1. The molecule has 0 saturated carbocycles. The van der Waals surface area contributed by atoms with E-state index in [0.29, 0.717) is 21.9 Å². The predicted octanol–water partition coefficient (Wildman–Crippen LogP) is 3.24. The summed E-state index contributed by atoms with van der Waals surface area (Å²) in [6.07, 6.45) is -0.966. The van der Waals surface area contributed by atoms with Crippen LogP contribution in [0.25, 0.3) is 10.2 Å². The summed E-state index contributed by atoms with van der Waals surface area (Å²) in [6, 6.07) is 6.68. The molecule has 0 saturated heterocycles. The maximum absolute atomic E-state index is 12.5. The fourth-order valence-electron chi connectivity index (χ4n) is 2.91. The number of aromatic nitrogens is 2. The van der Waals surface area contributed by atoms with Crippen LogP contribution in [0.15, 0.2) is 29.2 Å². The SMILES string of the molecule is Cc1nnc2sc(C(O)NCc3ccc(S(=O)(=O)C(C)(C)C)cc3)c(N)c2c1C. The van der Waals surface area contributed by atoms with Gasteiger partial charge in [-0.05, 0) is 57.9 Å². The molecule has 2 aromatic heterocycles. The predicted molar refractivity (Wildman–Crippen MR) is 116 cm³/mol. The molecule has 4 N–H and O–H groups in total. The molecule has 0 fully saturated rings. The molecule has 2 heterocycles. The second kappa shape index (κ2) is 7.64. The van der Waals surface area contributed by atoms with Gasteiger partial charge in [0.2, 0.25) is 0 Å². The molecule has 0 bridgehead atoms. The lowest BCUT2D eigenvalue weighted by Gasteiger charge is -2.19. The number of aryl methyl sites for hydroxylation is 2. The number of nitrogens with one attached hydrogen (secondary N) is 1. The van der Waals surface area contributed by atoms with Crippen LogP contribution >= 0.6 is 11.3 Å². The number of aliphatic hydroxyl groups is 1. The van der Waals surface area contributed by atoms with Crippen LogP contribution in [0, 0.1) is 13.8 Å². The van der Waals surface area contributed by atoms with Crippen LogP contribution in [-0.2, 0) is 16.4 Å². The van der Waals surface area contributed by atoms with Crippen molar-refractivity contribution in [2.24, 2.45) is 0 Å². The van der Waals surface area contributed by atoms with E-state index in [1.54, 1.807) is 45.0 Å². The number of thiophene rings is 1. The molecule has 3 aromatic rings. The summed E-state index contributed by atoms with van der Waals surface area (Å²) in [5.74, 6) is 0. The van der Waals surface area contributed by atoms with Gasteiger partial charge in [-0.3, -0.25) is 5.32 Å². The summed E-state index contributed by atoms with van der Waals surface area (Å²) in [5, 5.41) is 22.7. The summed E-state index contributed by atoms with van der Waals surface area (Å²) in [6.45, 7) is 9.20. The van der Waals surface area contributed by atoms with E-state index in [1.807, 2.05) is 13.8 Å². The average Bonchev–Trinajstić information content (AvgIpc) is 2.99. The number of rotatable bonds is 5.